The molecule has 0 N–H and O–H groups in total. The molecule has 0 unspecified atom stereocenters. The predicted octanol–water partition coefficient (Wildman–Crippen LogP) is 2.40. The van der Waals surface area contributed by atoms with Gasteiger partial charge in [0.05, 0.1) is 47.9 Å². The van der Waals surface area contributed by atoms with Crippen molar-refractivity contribution in [2.24, 2.45) is 0 Å². The summed E-state index contributed by atoms with van der Waals surface area (Å²) in [4.78, 5) is 12.0. The van der Waals surface area contributed by atoms with Crippen molar-refractivity contribution in [2.75, 3.05) is 41.5 Å². The topological polar surface area (TPSA) is 44.8 Å². The van der Waals surface area contributed by atoms with Crippen LogP contribution in [-0.2, 0) is 16.0 Å². The fraction of sp³-hybridized carbons (Fsp3) is 0.500. The number of esters is 1. The zero-order valence-corrected chi connectivity index (χ0v) is 22.1. The summed E-state index contributed by atoms with van der Waals surface area (Å²) in [7, 11) is 8.03. The Morgan fingerprint density at radius 2 is 1.34 bits per heavy atom. The number of ether oxygens (including phenoxy) is 3. The molecule has 0 spiro atoms. The van der Waals surface area contributed by atoms with Crippen LogP contribution in [0.5, 0.6) is 11.5 Å². The fourth-order valence-corrected chi connectivity index (χ4v) is 3.30. The van der Waals surface area contributed by atoms with E-state index in [1.54, 1.807) is 7.11 Å². The summed E-state index contributed by atoms with van der Waals surface area (Å²) in [6.07, 6.45) is 6.82. The number of rotatable bonds is 14. The number of methoxy groups -OCH3 is 1. The van der Waals surface area contributed by atoms with Gasteiger partial charge in [-0.1, -0.05) is 49.9 Å². The smallest absolute Gasteiger partial charge is 0.310 e. The highest BCUT2D eigenvalue weighted by Gasteiger charge is 2.12. The second kappa shape index (κ2) is 15.1. The number of nitrogens with zero attached hydrogens (tertiary/aromatic N) is 1. The predicted molar refractivity (Wildman–Crippen MR) is 127 cm³/mol. The van der Waals surface area contributed by atoms with Gasteiger partial charge in [-0.3, -0.25) is 9.28 Å². The first-order valence-corrected chi connectivity index (χ1v) is 11.2. The van der Waals surface area contributed by atoms with Gasteiger partial charge in [0, 0.05) is 0 Å². The maximum atomic E-state index is 12.0. The van der Waals surface area contributed by atoms with Gasteiger partial charge in [-0.25, -0.2) is 0 Å². The van der Waals surface area contributed by atoms with Crippen molar-refractivity contribution in [3.63, 3.8) is 0 Å². The summed E-state index contributed by atoms with van der Waals surface area (Å²) >= 11 is 0. The molecule has 0 aromatic heterocycles. The van der Waals surface area contributed by atoms with Crippen molar-refractivity contribution < 1.29 is 43.0 Å². The Labute approximate surface area is 210 Å². The van der Waals surface area contributed by atoms with Crippen LogP contribution in [0.3, 0.4) is 0 Å². The molecule has 178 valence electrons. The van der Waals surface area contributed by atoms with Crippen LogP contribution in [0, 0.1) is 0 Å². The number of carbonyl (C=O) groups excluding carboxylic acids is 1. The number of hydrogen-bond acceptors (Lipinski definition) is 4. The molecule has 2 aromatic rings. The second-order valence-corrected chi connectivity index (χ2v) is 8.70. The molecule has 2 rings (SSSR count). The molecule has 0 heterocycles. The third kappa shape index (κ3) is 10.7. The maximum absolute atomic E-state index is 12.0. The van der Waals surface area contributed by atoms with Gasteiger partial charge in [0.1, 0.15) is 5.69 Å². The molecule has 0 fully saturated rings. The maximum Gasteiger partial charge on any atom is 0.310 e. The number of quaternary nitrogens is 1. The molecular weight excluding hydrogens is 517 g/mol. The van der Waals surface area contributed by atoms with E-state index in [9.17, 15) is 4.79 Å². The molecule has 0 aliphatic heterocycles. The van der Waals surface area contributed by atoms with Crippen LogP contribution in [0.4, 0.5) is 5.69 Å². The summed E-state index contributed by atoms with van der Waals surface area (Å²) in [5.74, 6) is 1.43. The first kappa shape index (κ1) is 28.2. The molecule has 2 aromatic carbocycles. The Balaban J connectivity index is 0.00000512. The molecule has 0 amide bonds. The lowest BCUT2D eigenvalue weighted by atomic mass is 10.1. The summed E-state index contributed by atoms with van der Waals surface area (Å²) in [5.41, 5.74) is 2.21. The minimum atomic E-state index is -0.147. The van der Waals surface area contributed by atoms with Gasteiger partial charge in [-0.2, -0.15) is 0 Å². The van der Waals surface area contributed by atoms with Crippen molar-refractivity contribution in [2.45, 2.75) is 44.9 Å². The molecular formula is C26H38INO4. The number of hydrogen-bond donors (Lipinski definition) is 0. The number of para-hydroxylation sites is 2. The molecule has 0 saturated heterocycles. The molecule has 0 atom stereocenters. The Morgan fingerprint density at radius 1 is 0.781 bits per heavy atom. The Bertz CT molecular complexity index is 787. The number of benzene rings is 2. The average molecular weight is 555 g/mol. The zero-order valence-electron chi connectivity index (χ0n) is 19.9. The van der Waals surface area contributed by atoms with Crippen LogP contribution in [0.25, 0.3) is 0 Å². The van der Waals surface area contributed by atoms with E-state index in [0.717, 1.165) is 53.6 Å². The van der Waals surface area contributed by atoms with Crippen molar-refractivity contribution in [3.8, 4) is 11.5 Å². The highest BCUT2D eigenvalue weighted by Crippen LogP contribution is 2.26. The molecule has 0 bridgehead atoms. The number of halogens is 1. The molecule has 0 aliphatic carbocycles. The van der Waals surface area contributed by atoms with E-state index >= 15 is 0 Å². The summed E-state index contributed by atoms with van der Waals surface area (Å²) in [5, 5.41) is 0. The molecule has 0 aliphatic rings. The third-order valence-electron chi connectivity index (χ3n) is 5.19. The van der Waals surface area contributed by atoms with Crippen LogP contribution in [-0.4, -0.2) is 47.4 Å². The van der Waals surface area contributed by atoms with E-state index in [0.29, 0.717) is 19.6 Å². The van der Waals surface area contributed by atoms with Crippen molar-refractivity contribution in [1.29, 1.82) is 0 Å². The van der Waals surface area contributed by atoms with Crippen molar-refractivity contribution in [3.05, 3.63) is 54.1 Å². The van der Waals surface area contributed by atoms with Crippen molar-refractivity contribution >= 4 is 11.7 Å². The van der Waals surface area contributed by atoms with E-state index in [2.05, 4.69) is 33.3 Å². The Morgan fingerprint density at radius 3 is 1.94 bits per heavy atom. The van der Waals surface area contributed by atoms with Gasteiger partial charge >= 0.3 is 5.97 Å². The largest absolute Gasteiger partial charge is 1.00 e. The monoisotopic (exact) mass is 555 g/mol. The lowest BCUT2D eigenvalue weighted by Gasteiger charge is -2.23. The van der Waals surface area contributed by atoms with E-state index < -0.39 is 0 Å². The van der Waals surface area contributed by atoms with Gasteiger partial charge in [-0.05, 0) is 42.7 Å². The quantitative estimate of drug-likeness (QED) is 0.156. The lowest BCUT2D eigenvalue weighted by molar-refractivity contribution is -0.142. The SMILES string of the molecule is COc1ccccc1OCCCCCCCCOC(=O)Cc1ccc([N+](C)(C)C)cc1.[I-]. The average Bonchev–Trinajstić information content (AvgIpc) is 2.75. The van der Waals surface area contributed by atoms with E-state index in [4.69, 9.17) is 14.2 Å². The number of unbranched alkanes of at least 4 members (excludes halogenated alkanes) is 5. The normalized spacial score (nSPS) is 10.9. The van der Waals surface area contributed by atoms with Gasteiger partial charge in [-0.15, -0.1) is 0 Å². The summed E-state index contributed by atoms with van der Waals surface area (Å²) < 4.78 is 17.2. The van der Waals surface area contributed by atoms with E-state index in [1.165, 1.54) is 12.1 Å². The standard InChI is InChI=1S/C26H38NO4.HI/c1-27(2,3)23-17-15-22(16-18-23)21-26(28)31-20-12-8-6-5-7-11-19-30-25-14-10-9-13-24(25)29-4;/h9-10,13-18H,5-8,11-12,19-21H2,1-4H3;1H/q+1;/p-1. The highest BCUT2D eigenvalue weighted by molar-refractivity contribution is 5.72. The van der Waals surface area contributed by atoms with Crippen LogP contribution < -0.4 is 37.9 Å². The molecule has 0 radical (unpaired) electrons. The zero-order chi connectivity index (χ0) is 22.5. The molecule has 32 heavy (non-hydrogen) atoms. The molecule has 5 nitrogen and oxygen atoms in total. The van der Waals surface area contributed by atoms with Crippen LogP contribution in [0.2, 0.25) is 0 Å². The number of carbonyl (C=O) groups is 1. The first-order chi connectivity index (χ1) is 14.9. The van der Waals surface area contributed by atoms with Gasteiger partial charge in [0.25, 0.3) is 0 Å². The minimum Gasteiger partial charge on any atom is -1.00 e. The molecule has 0 saturated carbocycles. The van der Waals surface area contributed by atoms with Gasteiger partial charge < -0.3 is 38.2 Å². The third-order valence-corrected chi connectivity index (χ3v) is 5.19. The fourth-order valence-electron chi connectivity index (χ4n) is 3.30. The van der Waals surface area contributed by atoms with E-state index in [-0.39, 0.29) is 29.9 Å². The van der Waals surface area contributed by atoms with Crippen molar-refractivity contribution in [1.82, 2.24) is 4.48 Å². The van der Waals surface area contributed by atoms with Gasteiger partial charge in [0.15, 0.2) is 11.5 Å². The highest BCUT2D eigenvalue weighted by atomic mass is 127. The lowest BCUT2D eigenvalue weighted by Crippen LogP contribution is -3.00. The second-order valence-electron chi connectivity index (χ2n) is 8.70. The Hall–Kier alpha value is -1.80. The Kier molecular flexibility index (Phi) is 13.3. The summed E-state index contributed by atoms with van der Waals surface area (Å²) in [6.45, 7) is 1.21. The molecule has 6 heteroatoms. The minimum absolute atomic E-state index is 0. The van der Waals surface area contributed by atoms with Crippen LogP contribution in [0.15, 0.2) is 48.5 Å². The van der Waals surface area contributed by atoms with Crippen LogP contribution in [0.1, 0.15) is 44.1 Å². The van der Waals surface area contributed by atoms with Gasteiger partial charge in [0.2, 0.25) is 0 Å². The first-order valence-electron chi connectivity index (χ1n) is 11.2. The van der Waals surface area contributed by atoms with Crippen LogP contribution >= 0.6 is 0 Å². The summed E-state index contributed by atoms with van der Waals surface area (Å²) in [6, 6.07) is 15.9. The van der Waals surface area contributed by atoms with E-state index in [1.807, 2.05) is 36.4 Å².